The SMILES string of the molecule is N#Cc1cncc(NC(=O)Nc2c[nH]c3ncccc23)c1. The number of hydrogen-bond donors (Lipinski definition) is 3. The van der Waals surface area contributed by atoms with E-state index in [4.69, 9.17) is 5.26 Å². The fraction of sp³-hybridized carbons (Fsp3) is 0. The van der Waals surface area contributed by atoms with E-state index in [0.29, 0.717) is 22.6 Å². The van der Waals surface area contributed by atoms with Crippen LogP contribution in [0, 0.1) is 11.3 Å². The summed E-state index contributed by atoms with van der Waals surface area (Å²) in [5.74, 6) is 0. The molecule has 0 saturated heterocycles. The number of nitrogens with one attached hydrogen (secondary N) is 3. The molecule has 0 spiro atoms. The number of fused-ring (bicyclic) bond motifs is 1. The summed E-state index contributed by atoms with van der Waals surface area (Å²) in [7, 11) is 0. The van der Waals surface area contributed by atoms with Gasteiger partial charge in [0.25, 0.3) is 0 Å². The predicted molar refractivity (Wildman–Crippen MR) is 77.7 cm³/mol. The van der Waals surface area contributed by atoms with E-state index in [1.165, 1.54) is 12.4 Å². The van der Waals surface area contributed by atoms with Crippen LogP contribution in [0.3, 0.4) is 0 Å². The number of H-pyrrole nitrogens is 1. The maximum absolute atomic E-state index is 12.0. The summed E-state index contributed by atoms with van der Waals surface area (Å²) in [6.45, 7) is 0. The van der Waals surface area contributed by atoms with Crippen LogP contribution in [0.5, 0.6) is 0 Å². The van der Waals surface area contributed by atoms with Crippen LogP contribution in [0.2, 0.25) is 0 Å². The average Bonchev–Trinajstić information content (AvgIpc) is 2.91. The number of nitriles is 1. The Morgan fingerprint density at radius 2 is 2.24 bits per heavy atom. The van der Waals surface area contributed by atoms with Gasteiger partial charge < -0.3 is 15.6 Å². The van der Waals surface area contributed by atoms with Crippen LogP contribution in [0.15, 0.2) is 43.0 Å². The average molecular weight is 278 g/mol. The van der Waals surface area contributed by atoms with E-state index in [2.05, 4.69) is 25.6 Å². The molecule has 102 valence electrons. The molecule has 7 heteroatoms. The maximum Gasteiger partial charge on any atom is 0.323 e. The van der Waals surface area contributed by atoms with E-state index in [9.17, 15) is 4.79 Å². The standard InChI is InChI=1S/C14H10N6O/c15-5-9-4-10(7-16-6-9)19-14(21)20-12-8-18-13-11(12)2-1-3-17-13/h1-4,6-8H,(H,17,18)(H2,19,20,21). The number of amides is 2. The normalized spacial score (nSPS) is 10.0. The van der Waals surface area contributed by atoms with Gasteiger partial charge in [-0.1, -0.05) is 0 Å². The second kappa shape index (κ2) is 5.30. The number of aromatic amines is 1. The summed E-state index contributed by atoms with van der Waals surface area (Å²) >= 11 is 0. The molecule has 0 aliphatic rings. The summed E-state index contributed by atoms with van der Waals surface area (Å²) in [5, 5.41) is 14.9. The second-order valence-corrected chi connectivity index (χ2v) is 4.26. The molecule has 0 fully saturated rings. The second-order valence-electron chi connectivity index (χ2n) is 4.26. The molecular formula is C14H10N6O. The predicted octanol–water partition coefficient (Wildman–Crippen LogP) is 2.47. The summed E-state index contributed by atoms with van der Waals surface area (Å²) in [6.07, 6.45) is 6.23. The highest BCUT2D eigenvalue weighted by Gasteiger charge is 2.08. The first kappa shape index (κ1) is 12.6. The first-order valence-electron chi connectivity index (χ1n) is 6.11. The number of carbonyl (C=O) groups is 1. The van der Waals surface area contributed by atoms with Gasteiger partial charge in [0.15, 0.2) is 0 Å². The van der Waals surface area contributed by atoms with Gasteiger partial charge in [0.1, 0.15) is 11.7 Å². The van der Waals surface area contributed by atoms with E-state index < -0.39 is 6.03 Å². The van der Waals surface area contributed by atoms with E-state index >= 15 is 0 Å². The molecule has 3 aromatic rings. The van der Waals surface area contributed by atoms with Gasteiger partial charge in [-0.2, -0.15) is 5.26 Å². The lowest BCUT2D eigenvalue weighted by atomic mass is 10.3. The topological polar surface area (TPSA) is 106 Å². The number of hydrogen-bond acceptors (Lipinski definition) is 4. The molecule has 0 radical (unpaired) electrons. The molecule has 2 amide bonds. The Morgan fingerprint density at radius 1 is 1.33 bits per heavy atom. The van der Waals surface area contributed by atoms with Crippen molar-refractivity contribution in [2.75, 3.05) is 10.6 Å². The van der Waals surface area contributed by atoms with Crippen LogP contribution < -0.4 is 10.6 Å². The minimum atomic E-state index is -0.420. The van der Waals surface area contributed by atoms with Gasteiger partial charge in [-0.3, -0.25) is 4.98 Å². The van der Waals surface area contributed by atoms with Crippen molar-refractivity contribution in [3.8, 4) is 6.07 Å². The van der Waals surface area contributed by atoms with Crippen molar-refractivity contribution in [2.24, 2.45) is 0 Å². The lowest BCUT2D eigenvalue weighted by Gasteiger charge is -2.06. The minimum absolute atomic E-state index is 0.379. The molecule has 21 heavy (non-hydrogen) atoms. The molecule has 0 unspecified atom stereocenters. The maximum atomic E-state index is 12.0. The smallest absolute Gasteiger partial charge is 0.323 e. The third-order valence-corrected chi connectivity index (χ3v) is 2.82. The van der Waals surface area contributed by atoms with Crippen molar-refractivity contribution in [1.29, 1.82) is 5.26 Å². The lowest BCUT2D eigenvalue weighted by molar-refractivity contribution is 0.262. The fourth-order valence-corrected chi connectivity index (χ4v) is 1.91. The summed E-state index contributed by atoms with van der Waals surface area (Å²) in [4.78, 5) is 22.9. The highest BCUT2D eigenvalue weighted by Crippen LogP contribution is 2.21. The zero-order chi connectivity index (χ0) is 14.7. The van der Waals surface area contributed by atoms with E-state index in [1.807, 2.05) is 12.1 Å². The number of pyridine rings is 2. The number of carbonyl (C=O) groups excluding carboxylic acids is 1. The van der Waals surface area contributed by atoms with Crippen molar-refractivity contribution in [2.45, 2.75) is 0 Å². The summed E-state index contributed by atoms with van der Waals surface area (Å²) < 4.78 is 0. The first-order chi connectivity index (χ1) is 10.3. The molecule has 0 bridgehead atoms. The van der Waals surface area contributed by atoms with E-state index in [-0.39, 0.29) is 0 Å². The summed E-state index contributed by atoms with van der Waals surface area (Å²) in [6, 6.07) is 6.73. The molecule has 3 heterocycles. The monoisotopic (exact) mass is 278 g/mol. The third-order valence-electron chi connectivity index (χ3n) is 2.82. The van der Waals surface area contributed by atoms with Gasteiger partial charge in [-0.25, -0.2) is 9.78 Å². The van der Waals surface area contributed by atoms with E-state index in [0.717, 1.165) is 5.39 Å². The molecule has 0 aliphatic heterocycles. The summed E-state index contributed by atoms with van der Waals surface area (Å²) in [5.41, 5.74) is 2.15. The highest BCUT2D eigenvalue weighted by molar-refractivity contribution is 6.05. The van der Waals surface area contributed by atoms with Crippen molar-refractivity contribution in [3.05, 3.63) is 48.5 Å². The van der Waals surface area contributed by atoms with Gasteiger partial charge in [0.05, 0.1) is 23.1 Å². The van der Waals surface area contributed by atoms with Crippen molar-refractivity contribution < 1.29 is 4.79 Å². The fourth-order valence-electron chi connectivity index (χ4n) is 1.91. The Morgan fingerprint density at radius 3 is 3.10 bits per heavy atom. The zero-order valence-electron chi connectivity index (χ0n) is 10.8. The molecule has 7 nitrogen and oxygen atoms in total. The van der Waals surface area contributed by atoms with Crippen molar-refractivity contribution in [3.63, 3.8) is 0 Å². The van der Waals surface area contributed by atoms with Crippen LogP contribution in [-0.2, 0) is 0 Å². The van der Waals surface area contributed by atoms with Crippen LogP contribution in [0.4, 0.5) is 16.2 Å². The van der Waals surface area contributed by atoms with Gasteiger partial charge in [-0.15, -0.1) is 0 Å². The lowest BCUT2D eigenvalue weighted by Crippen LogP contribution is -2.19. The van der Waals surface area contributed by atoms with Crippen LogP contribution >= 0.6 is 0 Å². The molecule has 0 aromatic carbocycles. The molecule has 0 atom stereocenters. The van der Waals surface area contributed by atoms with Crippen molar-refractivity contribution in [1.82, 2.24) is 15.0 Å². The Labute approximate surface area is 119 Å². The number of urea groups is 1. The number of anilines is 2. The molecular weight excluding hydrogens is 268 g/mol. The van der Waals surface area contributed by atoms with Crippen LogP contribution in [0.1, 0.15) is 5.56 Å². The van der Waals surface area contributed by atoms with Crippen LogP contribution in [0.25, 0.3) is 11.0 Å². The Bertz CT molecular complexity index is 848. The number of aromatic nitrogens is 3. The van der Waals surface area contributed by atoms with Gasteiger partial charge >= 0.3 is 6.03 Å². The third kappa shape index (κ3) is 2.64. The zero-order valence-corrected chi connectivity index (χ0v) is 10.8. The molecule has 3 aromatic heterocycles. The quantitative estimate of drug-likeness (QED) is 0.669. The van der Waals surface area contributed by atoms with Crippen molar-refractivity contribution >= 4 is 28.4 Å². The Kier molecular flexibility index (Phi) is 3.19. The molecule has 3 rings (SSSR count). The molecule has 0 saturated carbocycles. The number of rotatable bonds is 2. The van der Waals surface area contributed by atoms with Gasteiger partial charge in [-0.05, 0) is 18.2 Å². The minimum Gasteiger partial charge on any atom is -0.344 e. The Hall–Kier alpha value is -3.40. The number of nitrogens with zero attached hydrogens (tertiary/aromatic N) is 3. The largest absolute Gasteiger partial charge is 0.344 e. The molecule has 3 N–H and O–H groups in total. The first-order valence-corrected chi connectivity index (χ1v) is 6.11. The van der Waals surface area contributed by atoms with Gasteiger partial charge in [0.2, 0.25) is 0 Å². The highest BCUT2D eigenvalue weighted by atomic mass is 16.2. The molecule has 0 aliphatic carbocycles. The van der Waals surface area contributed by atoms with Gasteiger partial charge in [0, 0.05) is 24.0 Å². The van der Waals surface area contributed by atoms with Crippen LogP contribution in [-0.4, -0.2) is 21.0 Å². The Balaban J connectivity index is 1.76. The van der Waals surface area contributed by atoms with E-state index in [1.54, 1.807) is 24.5 Å².